The largest absolute Gasteiger partial charge is 0.384 e. The summed E-state index contributed by atoms with van der Waals surface area (Å²) < 4.78 is 28.1. The van der Waals surface area contributed by atoms with E-state index in [-0.39, 0.29) is 11.4 Å². The average molecular weight is 384 g/mol. The second kappa shape index (κ2) is 6.50. The number of rotatable bonds is 5. The zero-order valence-electron chi connectivity index (χ0n) is 12.4. The van der Waals surface area contributed by atoms with Crippen molar-refractivity contribution in [2.45, 2.75) is 24.3 Å². The molecule has 0 aliphatic rings. The molecule has 0 fully saturated rings. The second-order valence-electron chi connectivity index (χ2n) is 5.37. The lowest BCUT2D eigenvalue weighted by Gasteiger charge is -2.24. The fourth-order valence-electron chi connectivity index (χ4n) is 2.08. The molecular formula is C16H18BrNO3S. The van der Waals surface area contributed by atoms with Crippen molar-refractivity contribution in [2.75, 3.05) is 6.54 Å². The van der Waals surface area contributed by atoms with Gasteiger partial charge in [0.05, 0.1) is 4.90 Å². The number of hydrogen-bond acceptors (Lipinski definition) is 3. The molecule has 0 amide bonds. The van der Waals surface area contributed by atoms with Crippen molar-refractivity contribution in [1.29, 1.82) is 0 Å². The van der Waals surface area contributed by atoms with E-state index in [1.54, 1.807) is 62.4 Å². The van der Waals surface area contributed by atoms with E-state index in [0.29, 0.717) is 11.1 Å². The lowest BCUT2D eigenvalue weighted by molar-refractivity contribution is 0.0627. The Hall–Kier alpha value is -1.21. The molecule has 2 N–H and O–H groups in total. The van der Waals surface area contributed by atoms with Gasteiger partial charge in [0, 0.05) is 11.0 Å². The number of hydrogen-bond donors (Lipinski definition) is 2. The summed E-state index contributed by atoms with van der Waals surface area (Å²) in [4.78, 5) is 0.224. The summed E-state index contributed by atoms with van der Waals surface area (Å²) >= 11 is 3.33. The first kappa shape index (κ1) is 17.1. The first-order valence-corrected chi connectivity index (χ1v) is 9.04. The van der Waals surface area contributed by atoms with Gasteiger partial charge in [0.25, 0.3) is 0 Å². The van der Waals surface area contributed by atoms with Crippen molar-refractivity contribution in [1.82, 2.24) is 4.72 Å². The summed E-state index contributed by atoms with van der Waals surface area (Å²) in [7, 11) is -3.66. The molecule has 4 nitrogen and oxygen atoms in total. The zero-order valence-corrected chi connectivity index (χ0v) is 14.8. The fraction of sp³-hybridized carbons (Fsp3) is 0.250. The van der Waals surface area contributed by atoms with Crippen LogP contribution in [-0.2, 0) is 15.6 Å². The molecule has 118 valence electrons. The standard InChI is InChI=1S/C16H18BrNO3S/c1-12-5-3-4-6-15(12)22(20,21)18-11-16(2,19)13-7-9-14(17)10-8-13/h3-10,18-19H,11H2,1-2H3. The minimum atomic E-state index is -3.66. The third-order valence-electron chi connectivity index (χ3n) is 3.46. The highest BCUT2D eigenvalue weighted by molar-refractivity contribution is 9.10. The van der Waals surface area contributed by atoms with E-state index in [0.717, 1.165) is 4.47 Å². The van der Waals surface area contributed by atoms with Crippen molar-refractivity contribution >= 4 is 26.0 Å². The summed E-state index contributed by atoms with van der Waals surface area (Å²) in [6, 6.07) is 13.9. The molecule has 0 aromatic heterocycles. The smallest absolute Gasteiger partial charge is 0.240 e. The first-order chi connectivity index (χ1) is 10.2. The lowest BCUT2D eigenvalue weighted by Crippen LogP contribution is -2.38. The normalized spacial score (nSPS) is 14.5. The number of nitrogens with one attached hydrogen (secondary N) is 1. The van der Waals surface area contributed by atoms with Gasteiger partial charge in [-0.3, -0.25) is 0 Å². The second-order valence-corrected chi connectivity index (χ2v) is 8.02. The fourth-order valence-corrected chi connectivity index (χ4v) is 3.72. The number of aliphatic hydroxyl groups is 1. The molecule has 0 bridgehead atoms. The van der Waals surface area contributed by atoms with E-state index in [2.05, 4.69) is 20.7 Å². The summed E-state index contributed by atoms with van der Waals surface area (Å²) in [5.41, 5.74) is 0.0117. The predicted octanol–water partition coefficient (Wildman–Crippen LogP) is 2.94. The van der Waals surface area contributed by atoms with Gasteiger partial charge in [0.15, 0.2) is 0 Å². The maximum atomic E-state index is 12.4. The molecule has 22 heavy (non-hydrogen) atoms. The zero-order chi connectivity index (χ0) is 16.4. The summed E-state index contributed by atoms with van der Waals surface area (Å²) in [5.74, 6) is 0. The van der Waals surface area contributed by atoms with Gasteiger partial charge >= 0.3 is 0 Å². The maximum absolute atomic E-state index is 12.4. The van der Waals surface area contributed by atoms with Crippen LogP contribution in [0.2, 0.25) is 0 Å². The molecule has 0 spiro atoms. The Kier molecular flexibility index (Phi) is 5.07. The Morgan fingerprint density at radius 2 is 1.73 bits per heavy atom. The predicted molar refractivity (Wildman–Crippen MR) is 90.1 cm³/mol. The van der Waals surface area contributed by atoms with Crippen LogP contribution in [0.3, 0.4) is 0 Å². The number of sulfonamides is 1. The molecule has 0 aliphatic heterocycles. The van der Waals surface area contributed by atoms with Crippen molar-refractivity contribution in [3.05, 3.63) is 64.1 Å². The summed E-state index contributed by atoms with van der Waals surface area (Å²) in [6.45, 7) is 3.21. The van der Waals surface area contributed by atoms with Crippen molar-refractivity contribution < 1.29 is 13.5 Å². The number of aryl methyl sites for hydroxylation is 1. The Morgan fingerprint density at radius 1 is 1.14 bits per heavy atom. The van der Waals surface area contributed by atoms with Gasteiger partial charge in [0.2, 0.25) is 10.0 Å². The lowest BCUT2D eigenvalue weighted by atomic mass is 9.97. The molecule has 1 atom stereocenters. The van der Waals surface area contributed by atoms with Crippen LogP contribution in [0.1, 0.15) is 18.1 Å². The molecular weight excluding hydrogens is 366 g/mol. The summed E-state index contributed by atoms with van der Waals surface area (Å²) in [6.07, 6.45) is 0. The van der Waals surface area contributed by atoms with Crippen LogP contribution in [0.25, 0.3) is 0 Å². The van der Waals surface area contributed by atoms with Gasteiger partial charge < -0.3 is 5.11 Å². The van der Waals surface area contributed by atoms with E-state index in [4.69, 9.17) is 0 Å². The monoisotopic (exact) mass is 383 g/mol. The van der Waals surface area contributed by atoms with Crippen molar-refractivity contribution in [3.63, 3.8) is 0 Å². The number of halogens is 1. The van der Waals surface area contributed by atoms with Gasteiger partial charge in [-0.25, -0.2) is 13.1 Å². The molecule has 2 aromatic carbocycles. The third-order valence-corrected chi connectivity index (χ3v) is 5.55. The highest BCUT2D eigenvalue weighted by Gasteiger charge is 2.26. The Labute approximate surface area is 139 Å². The highest BCUT2D eigenvalue weighted by Crippen LogP contribution is 2.23. The van der Waals surface area contributed by atoms with Crippen LogP contribution in [0, 0.1) is 6.92 Å². The topological polar surface area (TPSA) is 66.4 Å². The van der Waals surface area contributed by atoms with Crippen molar-refractivity contribution in [3.8, 4) is 0 Å². The summed E-state index contributed by atoms with van der Waals surface area (Å²) in [5, 5.41) is 10.5. The highest BCUT2D eigenvalue weighted by atomic mass is 79.9. The van der Waals surface area contributed by atoms with E-state index < -0.39 is 15.6 Å². The SMILES string of the molecule is Cc1ccccc1S(=O)(=O)NCC(C)(O)c1ccc(Br)cc1. The quantitative estimate of drug-likeness (QED) is 0.833. The van der Waals surface area contributed by atoms with E-state index in [1.165, 1.54) is 0 Å². The molecule has 0 saturated heterocycles. The van der Waals surface area contributed by atoms with Gasteiger partial charge in [-0.05, 0) is 43.2 Å². The average Bonchev–Trinajstić information content (AvgIpc) is 2.46. The van der Waals surface area contributed by atoms with E-state index in [1.807, 2.05) is 0 Å². The van der Waals surface area contributed by atoms with E-state index >= 15 is 0 Å². The molecule has 1 unspecified atom stereocenters. The van der Waals surface area contributed by atoms with Crippen LogP contribution in [0.5, 0.6) is 0 Å². The minimum absolute atomic E-state index is 0.106. The molecule has 0 saturated carbocycles. The molecule has 2 rings (SSSR count). The first-order valence-electron chi connectivity index (χ1n) is 6.76. The van der Waals surface area contributed by atoms with E-state index in [9.17, 15) is 13.5 Å². The Bertz CT molecular complexity index is 755. The van der Waals surface area contributed by atoms with Gasteiger partial charge in [0.1, 0.15) is 5.60 Å². The maximum Gasteiger partial charge on any atom is 0.240 e. The van der Waals surface area contributed by atoms with Crippen LogP contribution in [-0.4, -0.2) is 20.1 Å². The third kappa shape index (κ3) is 3.95. The molecule has 0 aliphatic carbocycles. The van der Waals surface area contributed by atoms with Gasteiger partial charge in [-0.1, -0.05) is 46.3 Å². The van der Waals surface area contributed by atoms with Crippen LogP contribution < -0.4 is 4.72 Å². The van der Waals surface area contributed by atoms with Gasteiger partial charge in [-0.15, -0.1) is 0 Å². The Balaban J connectivity index is 2.18. The van der Waals surface area contributed by atoms with Crippen LogP contribution >= 0.6 is 15.9 Å². The molecule has 6 heteroatoms. The van der Waals surface area contributed by atoms with Gasteiger partial charge in [-0.2, -0.15) is 0 Å². The minimum Gasteiger partial charge on any atom is -0.384 e. The van der Waals surface area contributed by atoms with Crippen molar-refractivity contribution in [2.24, 2.45) is 0 Å². The molecule has 0 radical (unpaired) electrons. The molecule has 0 heterocycles. The number of benzene rings is 2. The molecule has 2 aromatic rings. The van der Waals surface area contributed by atoms with Crippen LogP contribution in [0.4, 0.5) is 0 Å². The van der Waals surface area contributed by atoms with Crippen LogP contribution in [0.15, 0.2) is 57.9 Å². The Morgan fingerprint density at radius 3 is 2.32 bits per heavy atom.